The van der Waals surface area contributed by atoms with Crippen LogP contribution in [0.5, 0.6) is 0 Å². The van der Waals surface area contributed by atoms with Crippen molar-refractivity contribution >= 4 is 23.3 Å². The van der Waals surface area contributed by atoms with Crippen LogP contribution in [0.2, 0.25) is 0 Å². The van der Waals surface area contributed by atoms with Gasteiger partial charge in [0.15, 0.2) is 17.3 Å². The standard InChI is InChI=1S/C12H10F2N2O5/c1-21-12(18)6-4-9(17)15(5-6)11-8(16(19)20)3-2-7(13)10(11)14/h2-3,6H,4-5H2,1H3. The Morgan fingerprint density at radius 1 is 1.48 bits per heavy atom. The van der Waals surface area contributed by atoms with Gasteiger partial charge in [0, 0.05) is 19.0 Å². The molecule has 1 saturated heterocycles. The quantitative estimate of drug-likeness (QED) is 0.478. The third-order valence-electron chi connectivity index (χ3n) is 3.17. The predicted octanol–water partition coefficient (Wildman–Crippen LogP) is 1.40. The molecule has 1 fully saturated rings. The zero-order chi connectivity index (χ0) is 15.7. The lowest BCUT2D eigenvalue weighted by molar-refractivity contribution is -0.384. The van der Waals surface area contributed by atoms with E-state index < -0.39 is 45.7 Å². The van der Waals surface area contributed by atoms with Gasteiger partial charge in [-0.25, -0.2) is 8.78 Å². The summed E-state index contributed by atoms with van der Waals surface area (Å²) in [6.45, 7) is -0.299. The molecular weight excluding hydrogens is 290 g/mol. The van der Waals surface area contributed by atoms with Gasteiger partial charge < -0.3 is 9.64 Å². The average Bonchev–Trinajstić information content (AvgIpc) is 2.82. The maximum atomic E-state index is 13.9. The summed E-state index contributed by atoms with van der Waals surface area (Å²) in [6, 6.07) is 1.38. The number of nitro groups is 1. The second kappa shape index (κ2) is 5.43. The Morgan fingerprint density at radius 2 is 2.14 bits per heavy atom. The van der Waals surface area contributed by atoms with Crippen molar-refractivity contribution in [1.82, 2.24) is 0 Å². The largest absolute Gasteiger partial charge is 0.469 e. The molecule has 1 aliphatic rings. The van der Waals surface area contributed by atoms with E-state index in [1.54, 1.807) is 0 Å². The lowest BCUT2D eigenvalue weighted by Crippen LogP contribution is -2.28. The number of carbonyl (C=O) groups excluding carboxylic acids is 2. The lowest BCUT2D eigenvalue weighted by atomic mass is 10.1. The average molecular weight is 300 g/mol. The van der Waals surface area contributed by atoms with E-state index in [2.05, 4.69) is 4.74 Å². The van der Waals surface area contributed by atoms with E-state index in [1.165, 1.54) is 0 Å². The minimum Gasteiger partial charge on any atom is -0.469 e. The Labute approximate surface area is 117 Å². The predicted molar refractivity (Wildman–Crippen MR) is 65.5 cm³/mol. The number of amides is 1. The summed E-state index contributed by atoms with van der Waals surface area (Å²) in [5.41, 5.74) is -1.51. The van der Waals surface area contributed by atoms with E-state index >= 15 is 0 Å². The Morgan fingerprint density at radius 3 is 2.71 bits per heavy atom. The van der Waals surface area contributed by atoms with Gasteiger partial charge in [-0.15, -0.1) is 0 Å². The summed E-state index contributed by atoms with van der Waals surface area (Å²) >= 11 is 0. The smallest absolute Gasteiger partial charge is 0.311 e. The number of carbonyl (C=O) groups is 2. The molecule has 0 saturated carbocycles. The molecule has 7 nitrogen and oxygen atoms in total. The molecule has 0 spiro atoms. The molecule has 0 radical (unpaired) electrons. The number of ether oxygens (including phenoxy) is 1. The highest BCUT2D eigenvalue weighted by Gasteiger charge is 2.40. The van der Waals surface area contributed by atoms with Crippen LogP contribution >= 0.6 is 0 Å². The van der Waals surface area contributed by atoms with Crippen LogP contribution in [-0.4, -0.2) is 30.5 Å². The zero-order valence-corrected chi connectivity index (χ0v) is 10.8. The molecular formula is C12H10F2N2O5. The third kappa shape index (κ3) is 2.54. The van der Waals surface area contributed by atoms with Gasteiger partial charge in [-0.05, 0) is 6.07 Å². The molecule has 9 heteroatoms. The SMILES string of the molecule is COC(=O)C1CC(=O)N(c2c([N+](=O)[O-])ccc(F)c2F)C1. The number of hydrogen-bond donors (Lipinski definition) is 0. The number of anilines is 1. The Balaban J connectivity index is 2.47. The second-order valence-corrected chi connectivity index (χ2v) is 4.41. The highest BCUT2D eigenvalue weighted by molar-refractivity contribution is 6.01. The maximum absolute atomic E-state index is 13.9. The number of nitro benzene ring substituents is 1. The first-order chi connectivity index (χ1) is 9.86. The van der Waals surface area contributed by atoms with Crippen LogP contribution in [0.4, 0.5) is 20.2 Å². The van der Waals surface area contributed by atoms with Crippen molar-refractivity contribution in [3.63, 3.8) is 0 Å². The molecule has 2 rings (SSSR count). The summed E-state index contributed by atoms with van der Waals surface area (Å²) in [7, 11) is 1.13. The minimum absolute atomic E-state index is 0.278. The first-order valence-corrected chi connectivity index (χ1v) is 5.87. The van der Waals surface area contributed by atoms with Crippen molar-refractivity contribution in [2.75, 3.05) is 18.6 Å². The number of benzene rings is 1. The fraction of sp³-hybridized carbons (Fsp3) is 0.333. The maximum Gasteiger partial charge on any atom is 0.311 e. The molecule has 1 aliphatic heterocycles. The number of halogens is 2. The monoisotopic (exact) mass is 300 g/mol. The topological polar surface area (TPSA) is 89.8 Å². The van der Waals surface area contributed by atoms with E-state index in [0.29, 0.717) is 11.0 Å². The van der Waals surface area contributed by atoms with Crippen LogP contribution < -0.4 is 4.90 Å². The van der Waals surface area contributed by atoms with Crippen LogP contribution in [0.1, 0.15) is 6.42 Å². The third-order valence-corrected chi connectivity index (χ3v) is 3.17. The molecule has 0 N–H and O–H groups in total. The van der Waals surface area contributed by atoms with Gasteiger partial charge in [-0.2, -0.15) is 0 Å². The highest BCUT2D eigenvalue weighted by atomic mass is 19.2. The molecule has 21 heavy (non-hydrogen) atoms. The summed E-state index contributed by atoms with van der Waals surface area (Å²) < 4.78 is 31.6. The van der Waals surface area contributed by atoms with Gasteiger partial charge in [0.1, 0.15) is 0 Å². The van der Waals surface area contributed by atoms with Crippen molar-refractivity contribution in [1.29, 1.82) is 0 Å². The highest BCUT2D eigenvalue weighted by Crippen LogP contribution is 2.36. The van der Waals surface area contributed by atoms with Crippen LogP contribution in [0.3, 0.4) is 0 Å². The summed E-state index contributed by atoms with van der Waals surface area (Å²) in [6.07, 6.45) is -0.278. The number of rotatable bonds is 3. The number of hydrogen-bond acceptors (Lipinski definition) is 5. The number of methoxy groups -OCH3 is 1. The van der Waals surface area contributed by atoms with Crippen LogP contribution in [0.15, 0.2) is 12.1 Å². The van der Waals surface area contributed by atoms with Crippen molar-refractivity contribution in [3.05, 3.63) is 33.9 Å². The summed E-state index contributed by atoms with van der Waals surface area (Å²) in [4.78, 5) is 33.9. The van der Waals surface area contributed by atoms with Crippen molar-refractivity contribution in [3.8, 4) is 0 Å². The van der Waals surface area contributed by atoms with E-state index in [4.69, 9.17) is 0 Å². The van der Waals surface area contributed by atoms with Crippen LogP contribution in [0.25, 0.3) is 0 Å². The molecule has 1 amide bonds. The van der Waals surface area contributed by atoms with Crippen molar-refractivity contribution < 1.29 is 28.0 Å². The fourth-order valence-electron chi connectivity index (χ4n) is 2.18. The zero-order valence-electron chi connectivity index (χ0n) is 10.8. The van der Waals surface area contributed by atoms with E-state index in [0.717, 1.165) is 13.2 Å². The van der Waals surface area contributed by atoms with E-state index in [9.17, 15) is 28.5 Å². The number of esters is 1. The summed E-state index contributed by atoms with van der Waals surface area (Å²) in [5, 5.41) is 10.9. The Bertz CT molecular complexity index is 634. The minimum atomic E-state index is -1.50. The molecule has 1 unspecified atom stereocenters. The fourth-order valence-corrected chi connectivity index (χ4v) is 2.18. The normalized spacial score (nSPS) is 18.0. The van der Waals surface area contributed by atoms with Gasteiger partial charge in [0.2, 0.25) is 5.91 Å². The van der Waals surface area contributed by atoms with Gasteiger partial charge in [0.05, 0.1) is 18.0 Å². The molecule has 0 bridgehead atoms. The van der Waals surface area contributed by atoms with Gasteiger partial charge in [-0.1, -0.05) is 0 Å². The van der Waals surface area contributed by atoms with Gasteiger partial charge in [-0.3, -0.25) is 19.7 Å². The Hall–Kier alpha value is -2.58. The first-order valence-electron chi connectivity index (χ1n) is 5.87. The van der Waals surface area contributed by atoms with E-state index in [1.807, 2.05) is 0 Å². The molecule has 1 aromatic carbocycles. The molecule has 112 valence electrons. The molecule has 0 aliphatic carbocycles. The van der Waals surface area contributed by atoms with Crippen LogP contribution in [0, 0.1) is 27.7 Å². The molecule has 0 aromatic heterocycles. The first kappa shape index (κ1) is 14.8. The summed E-state index contributed by atoms with van der Waals surface area (Å²) in [5.74, 6) is -5.08. The van der Waals surface area contributed by atoms with Crippen molar-refractivity contribution in [2.45, 2.75) is 6.42 Å². The second-order valence-electron chi connectivity index (χ2n) is 4.41. The number of nitrogens with zero attached hydrogens (tertiary/aromatic N) is 2. The molecule has 1 atom stereocenters. The van der Waals surface area contributed by atoms with E-state index in [-0.39, 0.29) is 13.0 Å². The molecule has 1 aromatic rings. The van der Waals surface area contributed by atoms with Crippen LogP contribution in [-0.2, 0) is 14.3 Å². The lowest BCUT2D eigenvalue weighted by Gasteiger charge is -2.17. The Kier molecular flexibility index (Phi) is 3.83. The van der Waals surface area contributed by atoms with Gasteiger partial charge in [0.25, 0.3) is 5.69 Å². The van der Waals surface area contributed by atoms with Gasteiger partial charge >= 0.3 is 5.97 Å². The van der Waals surface area contributed by atoms with Crippen molar-refractivity contribution in [2.24, 2.45) is 5.92 Å². The molecule has 1 heterocycles.